The van der Waals surface area contributed by atoms with Gasteiger partial charge in [0.25, 0.3) is 5.91 Å². The molecule has 2 atom stereocenters. The number of thioether (sulfide) groups is 1. The average Bonchev–Trinajstić information content (AvgIpc) is 2.91. The molecular weight excluding hydrogens is 260 g/mol. The first-order chi connectivity index (χ1) is 9.09. The highest BCUT2D eigenvalue weighted by Crippen LogP contribution is 2.47. The molecule has 0 aliphatic carbocycles. The second kappa shape index (κ2) is 4.56. The van der Waals surface area contributed by atoms with Gasteiger partial charge in [0.1, 0.15) is 11.4 Å². The lowest BCUT2D eigenvalue weighted by Gasteiger charge is -2.23. The summed E-state index contributed by atoms with van der Waals surface area (Å²) in [5.41, 5.74) is 1.78. The zero-order valence-electron chi connectivity index (χ0n) is 10.9. The van der Waals surface area contributed by atoms with E-state index in [0.717, 1.165) is 11.1 Å². The van der Waals surface area contributed by atoms with Crippen LogP contribution in [-0.2, 0) is 4.79 Å². The van der Waals surface area contributed by atoms with Crippen molar-refractivity contribution in [2.24, 2.45) is 0 Å². The molecule has 2 aliphatic heterocycles. The van der Waals surface area contributed by atoms with Gasteiger partial charge in [-0.05, 0) is 25.5 Å². The van der Waals surface area contributed by atoms with E-state index in [9.17, 15) is 9.59 Å². The Bertz CT molecular complexity index is 544. The zero-order chi connectivity index (χ0) is 13.6. The Labute approximate surface area is 116 Å². The minimum Gasteiger partial charge on any atom is -0.352 e. The molecule has 19 heavy (non-hydrogen) atoms. The van der Waals surface area contributed by atoms with Crippen LogP contribution in [0.3, 0.4) is 0 Å². The summed E-state index contributed by atoms with van der Waals surface area (Å²) >= 11 is 1.67. The number of rotatable bonds is 2. The largest absolute Gasteiger partial charge is 0.352 e. The van der Waals surface area contributed by atoms with Crippen LogP contribution in [0.4, 0.5) is 0 Å². The first-order valence-corrected chi connectivity index (χ1v) is 7.48. The molecule has 1 aromatic carbocycles. The lowest BCUT2D eigenvalue weighted by atomic mass is 10.1. The number of hydrogen-bond acceptors (Lipinski definition) is 3. The zero-order valence-corrected chi connectivity index (χ0v) is 11.7. The smallest absolute Gasteiger partial charge is 0.256 e. The van der Waals surface area contributed by atoms with E-state index in [1.54, 1.807) is 16.7 Å². The molecule has 4 nitrogen and oxygen atoms in total. The van der Waals surface area contributed by atoms with Crippen molar-refractivity contribution >= 4 is 23.6 Å². The molecule has 2 amide bonds. The monoisotopic (exact) mass is 276 g/mol. The number of carbonyl (C=O) groups excluding carboxylic acids is 2. The molecule has 0 bridgehead atoms. The third-order valence-electron chi connectivity index (χ3n) is 3.43. The molecule has 1 fully saturated rings. The maximum atomic E-state index is 12.4. The van der Waals surface area contributed by atoms with Gasteiger partial charge in [0.05, 0.1) is 0 Å². The highest BCUT2D eigenvalue weighted by Gasteiger charge is 2.48. The van der Waals surface area contributed by atoms with Gasteiger partial charge in [-0.3, -0.25) is 9.59 Å². The van der Waals surface area contributed by atoms with E-state index in [1.165, 1.54) is 0 Å². The van der Waals surface area contributed by atoms with Gasteiger partial charge in [0.2, 0.25) is 5.91 Å². The maximum Gasteiger partial charge on any atom is 0.256 e. The molecule has 0 spiro atoms. The quantitative estimate of drug-likeness (QED) is 0.896. The van der Waals surface area contributed by atoms with Crippen molar-refractivity contribution in [3.63, 3.8) is 0 Å². The summed E-state index contributed by atoms with van der Waals surface area (Å²) in [6.07, 6.45) is 0. The van der Waals surface area contributed by atoms with Gasteiger partial charge >= 0.3 is 0 Å². The number of carbonyl (C=O) groups is 2. The van der Waals surface area contributed by atoms with Crippen molar-refractivity contribution in [3.8, 4) is 0 Å². The van der Waals surface area contributed by atoms with E-state index in [1.807, 2.05) is 38.1 Å². The van der Waals surface area contributed by atoms with Crippen LogP contribution in [0.5, 0.6) is 0 Å². The van der Waals surface area contributed by atoms with Gasteiger partial charge in [-0.15, -0.1) is 11.8 Å². The first kappa shape index (κ1) is 12.5. The summed E-state index contributed by atoms with van der Waals surface area (Å²) in [4.78, 5) is 26.3. The van der Waals surface area contributed by atoms with E-state index < -0.39 is 0 Å². The Balaban J connectivity index is 1.89. The van der Waals surface area contributed by atoms with Crippen LogP contribution in [0.25, 0.3) is 0 Å². The van der Waals surface area contributed by atoms with Crippen molar-refractivity contribution in [1.82, 2.24) is 10.2 Å². The Kier molecular flexibility index (Phi) is 3.01. The van der Waals surface area contributed by atoms with E-state index in [4.69, 9.17) is 0 Å². The van der Waals surface area contributed by atoms with E-state index in [-0.39, 0.29) is 29.3 Å². The molecule has 1 N–H and O–H groups in total. The van der Waals surface area contributed by atoms with Gasteiger partial charge in [-0.25, -0.2) is 0 Å². The van der Waals surface area contributed by atoms with Crippen LogP contribution >= 0.6 is 11.8 Å². The van der Waals surface area contributed by atoms with Crippen LogP contribution in [0.15, 0.2) is 24.3 Å². The van der Waals surface area contributed by atoms with Crippen LogP contribution < -0.4 is 5.32 Å². The number of nitrogens with zero attached hydrogens (tertiary/aromatic N) is 1. The molecule has 100 valence electrons. The molecule has 0 unspecified atom stereocenters. The predicted molar refractivity (Wildman–Crippen MR) is 74.9 cm³/mol. The SMILES string of the molecule is CC(C)NC(=O)[C@@H]1CS[C@@H]2c3ccccc3C(=O)N21. The average molecular weight is 276 g/mol. The highest BCUT2D eigenvalue weighted by molar-refractivity contribution is 7.99. The first-order valence-electron chi connectivity index (χ1n) is 6.43. The second-order valence-electron chi connectivity index (χ2n) is 5.16. The Morgan fingerprint density at radius 1 is 1.42 bits per heavy atom. The number of benzene rings is 1. The van der Waals surface area contributed by atoms with E-state index in [0.29, 0.717) is 5.75 Å². The molecule has 5 heteroatoms. The van der Waals surface area contributed by atoms with Crippen LogP contribution in [0, 0.1) is 0 Å². The molecule has 2 heterocycles. The molecule has 0 aromatic heterocycles. The normalized spacial score (nSPS) is 24.6. The fourth-order valence-electron chi connectivity index (χ4n) is 2.62. The molecule has 0 saturated carbocycles. The maximum absolute atomic E-state index is 12.4. The predicted octanol–water partition coefficient (Wildman–Crippen LogP) is 1.78. The summed E-state index contributed by atoms with van der Waals surface area (Å²) in [6, 6.07) is 7.38. The fraction of sp³-hybridized carbons (Fsp3) is 0.429. The third kappa shape index (κ3) is 1.92. The summed E-state index contributed by atoms with van der Waals surface area (Å²) < 4.78 is 0. The number of hydrogen-bond donors (Lipinski definition) is 1. The molecule has 0 radical (unpaired) electrons. The van der Waals surface area contributed by atoms with Gasteiger partial charge in [-0.1, -0.05) is 18.2 Å². The molecule has 1 saturated heterocycles. The lowest BCUT2D eigenvalue weighted by molar-refractivity contribution is -0.125. The van der Waals surface area contributed by atoms with Crippen molar-refractivity contribution < 1.29 is 9.59 Å². The third-order valence-corrected chi connectivity index (χ3v) is 4.73. The summed E-state index contributed by atoms with van der Waals surface area (Å²) in [6.45, 7) is 3.86. The van der Waals surface area contributed by atoms with Gasteiger partial charge in [0.15, 0.2) is 0 Å². The summed E-state index contributed by atoms with van der Waals surface area (Å²) in [7, 11) is 0. The number of fused-ring (bicyclic) bond motifs is 3. The molecule has 3 rings (SSSR count). The van der Waals surface area contributed by atoms with Crippen molar-refractivity contribution in [2.75, 3.05) is 5.75 Å². The Morgan fingerprint density at radius 2 is 2.16 bits per heavy atom. The minimum absolute atomic E-state index is 0.00612. The minimum atomic E-state index is -0.350. The lowest BCUT2D eigenvalue weighted by Crippen LogP contribution is -2.47. The topological polar surface area (TPSA) is 49.4 Å². The van der Waals surface area contributed by atoms with Crippen molar-refractivity contribution in [3.05, 3.63) is 35.4 Å². The van der Waals surface area contributed by atoms with Gasteiger partial charge < -0.3 is 10.2 Å². The number of amides is 2. The molecule has 2 aliphatic rings. The van der Waals surface area contributed by atoms with Crippen molar-refractivity contribution in [2.45, 2.75) is 31.3 Å². The van der Waals surface area contributed by atoms with Crippen LogP contribution in [0.1, 0.15) is 35.1 Å². The molecular formula is C14H16N2O2S. The van der Waals surface area contributed by atoms with Gasteiger partial charge in [-0.2, -0.15) is 0 Å². The summed E-state index contributed by atoms with van der Waals surface area (Å²) in [5, 5.41) is 2.90. The van der Waals surface area contributed by atoms with E-state index in [2.05, 4.69) is 5.32 Å². The Morgan fingerprint density at radius 3 is 2.89 bits per heavy atom. The number of nitrogens with one attached hydrogen (secondary N) is 1. The van der Waals surface area contributed by atoms with Crippen LogP contribution in [-0.4, -0.2) is 34.6 Å². The van der Waals surface area contributed by atoms with Crippen LogP contribution in [0.2, 0.25) is 0 Å². The van der Waals surface area contributed by atoms with Gasteiger partial charge in [0, 0.05) is 17.4 Å². The molecule has 1 aromatic rings. The summed E-state index contributed by atoms with van der Waals surface area (Å²) in [5.74, 6) is 0.601. The van der Waals surface area contributed by atoms with Crippen molar-refractivity contribution in [1.29, 1.82) is 0 Å². The fourth-order valence-corrected chi connectivity index (χ4v) is 4.09. The van der Waals surface area contributed by atoms with E-state index >= 15 is 0 Å². The Hall–Kier alpha value is -1.49. The highest BCUT2D eigenvalue weighted by atomic mass is 32.2. The second-order valence-corrected chi connectivity index (χ2v) is 6.28. The standard InChI is InChI=1S/C14H16N2O2S/c1-8(2)15-12(17)11-7-19-14-10-6-4-3-5-9(10)13(18)16(11)14/h3-6,8,11,14H,7H2,1-2H3,(H,15,17)/t11-,14+/m0/s1.